The second-order valence-corrected chi connectivity index (χ2v) is 7.29. The van der Waals surface area contributed by atoms with Gasteiger partial charge in [-0.3, -0.25) is 9.88 Å². The van der Waals surface area contributed by atoms with E-state index in [4.69, 9.17) is 9.47 Å². The predicted molar refractivity (Wildman–Crippen MR) is 89.5 cm³/mol. The van der Waals surface area contributed by atoms with Crippen LogP contribution in [0.1, 0.15) is 18.5 Å². The van der Waals surface area contributed by atoms with Crippen molar-refractivity contribution in [2.75, 3.05) is 26.7 Å². The molecular formula is C18H27N3O3. The Bertz CT molecular complexity index is 540. The SMILES string of the molecule is CN(CCc1ccccn1)C1C2OCC(O2)C(NCC2CC2)C1O. The van der Waals surface area contributed by atoms with Gasteiger partial charge in [-0.05, 0) is 44.5 Å². The van der Waals surface area contributed by atoms with E-state index in [2.05, 4.69) is 15.2 Å². The normalized spacial score (nSPS) is 35.5. The lowest BCUT2D eigenvalue weighted by Gasteiger charge is -2.42. The maximum absolute atomic E-state index is 10.9. The van der Waals surface area contributed by atoms with Crippen molar-refractivity contribution in [3.63, 3.8) is 0 Å². The summed E-state index contributed by atoms with van der Waals surface area (Å²) in [5, 5.41) is 14.5. The van der Waals surface area contributed by atoms with E-state index in [1.807, 2.05) is 31.4 Å². The first-order valence-corrected chi connectivity index (χ1v) is 9.01. The largest absolute Gasteiger partial charge is 0.390 e. The number of hydrogen-bond acceptors (Lipinski definition) is 6. The highest BCUT2D eigenvalue weighted by molar-refractivity contribution is 5.05. The van der Waals surface area contributed by atoms with Crippen LogP contribution in [0, 0.1) is 5.92 Å². The third kappa shape index (κ3) is 3.48. The number of aliphatic hydroxyl groups is 1. The third-order valence-corrected chi connectivity index (χ3v) is 5.43. The summed E-state index contributed by atoms with van der Waals surface area (Å²) >= 11 is 0. The van der Waals surface area contributed by atoms with Gasteiger partial charge in [0, 0.05) is 24.9 Å². The third-order valence-electron chi connectivity index (χ3n) is 5.43. The number of ether oxygens (including phenoxy) is 2. The van der Waals surface area contributed by atoms with Crippen molar-refractivity contribution in [2.24, 2.45) is 5.92 Å². The van der Waals surface area contributed by atoms with Crippen molar-refractivity contribution in [1.29, 1.82) is 0 Å². The van der Waals surface area contributed by atoms with E-state index in [1.165, 1.54) is 12.8 Å². The highest BCUT2D eigenvalue weighted by Crippen LogP contribution is 2.32. The van der Waals surface area contributed by atoms with Gasteiger partial charge >= 0.3 is 0 Å². The second kappa shape index (κ2) is 7.06. The molecule has 0 spiro atoms. The van der Waals surface area contributed by atoms with Crippen molar-refractivity contribution in [3.05, 3.63) is 30.1 Å². The standard InChI is InChI=1S/C18H27N3O3/c1-21(9-7-13-4-2-3-8-19-13)16-17(22)15(20-10-12-5-6-12)14-11-23-18(16)24-14/h2-4,8,12,14-18,20,22H,5-7,9-11H2,1H3. The zero-order valence-corrected chi connectivity index (χ0v) is 14.2. The Hall–Kier alpha value is -1.05. The summed E-state index contributed by atoms with van der Waals surface area (Å²) in [5.41, 5.74) is 1.06. The molecule has 1 aromatic rings. The summed E-state index contributed by atoms with van der Waals surface area (Å²) in [6.07, 6.45) is 4.40. The number of fused-ring (bicyclic) bond motifs is 2. The molecule has 5 unspecified atom stereocenters. The molecule has 2 bridgehead atoms. The number of aromatic nitrogens is 1. The molecule has 132 valence electrons. The van der Waals surface area contributed by atoms with Crippen molar-refractivity contribution in [1.82, 2.24) is 15.2 Å². The van der Waals surface area contributed by atoms with E-state index in [0.717, 1.165) is 31.1 Å². The van der Waals surface area contributed by atoms with E-state index < -0.39 is 6.10 Å². The average Bonchev–Trinajstić information content (AvgIpc) is 3.33. The average molecular weight is 333 g/mol. The zero-order valence-electron chi connectivity index (χ0n) is 14.2. The lowest BCUT2D eigenvalue weighted by atomic mass is 9.94. The number of aliphatic hydroxyl groups excluding tert-OH is 1. The molecule has 6 heteroatoms. The van der Waals surface area contributed by atoms with Gasteiger partial charge in [0.1, 0.15) is 6.10 Å². The number of nitrogens with zero attached hydrogens (tertiary/aromatic N) is 2. The molecule has 5 atom stereocenters. The molecule has 3 heterocycles. The molecule has 6 nitrogen and oxygen atoms in total. The highest BCUT2D eigenvalue weighted by Gasteiger charge is 2.51. The van der Waals surface area contributed by atoms with E-state index >= 15 is 0 Å². The van der Waals surface area contributed by atoms with Crippen molar-refractivity contribution in [2.45, 2.75) is 49.8 Å². The van der Waals surface area contributed by atoms with Gasteiger partial charge in [0.25, 0.3) is 0 Å². The summed E-state index contributed by atoms with van der Waals surface area (Å²) in [7, 11) is 2.03. The van der Waals surface area contributed by atoms with Gasteiger partial charge in [0.2, 0.25) is 0 Å². The molecule has 4 rings (SSSR count). The fourth-order valence-electron chi connectivity index (χ4n) is 3.73. The van der Waals surface area contributed by atoms with Gasteiger partial charge in [0.15, 0.2) is 6.29 Å². The molecule has 0 amide bonds. The second-order valence-electron chi connectivity index (χ2n) is 7.29. The Labute approximate surface area is 143 Å². The van der Waals surface area contributed by atoms with Gasteiger partial charge in [0.05, 0.1) is 24.8 Å². The van der Waals surface area contributed by atoms with Crippen LogP contribution in [0.15, 0.2) is 24.4 Å². The van der Waals surface area contributed by atoms with Crippen LogP contribution in [0.5, 0.6) is 0 Å². The van der Waals surface area contributed by atoms with Crippen LogP contribution >= 0.6 is 0 Å². The van der Waals surface area contributed by atoms with Crippen LogP contribution in [0.3, 0.4) is 0 Å². The van der Waals surface area contributed by atoms with Gasteiger partial charge in [-0.15, -0.1) is 0 Å². The molecule has 2 N–H and O–H groups in total. The predicted octanol–water partition coefficient (Wildman–Crippen LogP) is 0.409. The summed E-state index contributed by atoms with van der Waals surface area (Å²) in [5.74, 6) is 0.776. The highest BCUT2D eigenvalue weighted by atomic mass is 16.7. The van der Waals surface area contributed by atoms with Crippen LogP contribution in [0.4, 0.5) is 0 Å². The fraction of sp³-hybridized carbons (Fsp3) is 0.722. The lowest BCUT2D eigenvalue weighted by Crippen LogP contribution is -2.64. The Kier molecular flexibility index (Phi) is 4.83. The molecule has 1 aliphatic carbocycles. The molecule has 1 aromatic heterocycles. The number of rotatable bonds is 7. The summed E-state index contributed by atoms with van der Waals surface area (Å²) < 4.78 is 11.8. The first-order chi connectivity index (χ1) is 11.7. The zero-order chi connectivity index (χ0) is 16.5. The van der Waals surface area contributed by atoms with Crippen LogP contribution < -0.4 is 5.32 Å². The van der Waals surface area contributed by atoms with Gasteiger partial charge in [-0.25, -0.2) is 0 Å². The molecule has 3 fully saturated rings. The summed E-state index contributed by atoms with van der Waals surface area (Å²) in [6, 6.07) is 5.76. The Morgan fingerprint density at radius 2 is 2.25 bits per heavy atom. The summed E-state index contributed by atoms with van der Waals surface area (Å²) in [4.78, 5) is 6.52. The lowest BCUT2D eigenvalue weighted by molar-refractivity contribution is -0.178. The van der Waals surface area contributed by atoms with E-state index in [1.54, 1.807) is 0 Å². The van der Waals surface area contributed by atoms with Gasteiger partial charge < -0.3 is 19.9 Å². The molecule has 0 radical (unpaired) electrons. The summed E-state index contributed by atoms with van der Waals surface area (Å²) in [6.45, 7) is 2.34. The number of nitrogens with one attached hydrogen (secondary N) is 1. The molecule has 1 saturated carbocycles. The number of hydrogen-bond donors (Lipinski definition) is 2. The molecule has 2 saturated heterocycles. The molecule has 3 aliphatic rings. The first-order valence-electron chi connectivity index (χ1n) is 9.01. The van der Waals surface area contributed by atoms with E-state index in [-0.39, 0.29) is 24.5 Å². The number of pyridine rings is 1. The number of likely N-dealkylation sites (N-methyl/N-ethyl adjacent to an activating group) is 1. The van der Waals surface area contributed by atoms with Crippen molar-refractivity contribution < 1.29 is 14.6 Å². The minimum absolute atomic E-state index is 0.0378. The Morgan fingerprint density at radius 3 is 3.00 bits per heavy atom. The smallest absolute Gasteiger partial charge is 0.176 e. The quantitative estimate of drug-likeness (QED) is 0.753. The van der Waals surface area contributed by atoms with E-state index in [0.29, 0.717) is 6.61 Å². The minimum Gasteiger partial charge on any atom is -0.390 e. The topological polar surface area (TPSA) is 66.9 Å². The van der Waals surface area contributed by atoms with E-state index in [9.17, 15) is 5.11 Å². The van der Waals surface area contributed by atoms with Gasteiger partial charge in [-0.1, -0.05) is 6.07 Å². The fourth-order valence-corrected chi connectivity index (χ4v) is 3.73. The monoisotopic (exact) mass is 333 g/mol. The molecule has 2 aliphatic heterocycles. The van der Waals surface area contributed by atoms with Crippen LogP contribution in [0.25, 0.3) is 0 Å². The molecular weight excluding hydrogens is 306 g/mol. The first kappa shape index (κ1) is 16.4. The van der Waals surface area contributed by atoms with Crippen molar-refractivity contribution >= 4 is 0 Å². The Balaban J connectivity index is 1.38. The van der Waals surface area contributed by atoms with Crippen LogP contribution in [-0.2, 0) is 15.9 Å². The van der Waals surface area contributed by atoms with Crippen molar-refractivity contribution in [3.8, 4) is 0 Å². The Morgan fingerprint density at radius 1 is 1.38 bits per heavy atom. The van der Waals surface area contributed by atoms with Gasteiger partial charge in [-0.2, -0.15) is 0 Å². The molecule has 24 heavy (non-hydrogen) atoms. The minimum atomic E-state index is -0.483. The maximum atomic E-state index is 10.9. The van der Waals surface area contributed by atoms with Crippen LogP contribution in [0.2, 0.25) is 0 Å². The van der Waals surface area contributed by atoms with Crippen LogP contribution in [-0.4, -0.2) is 72.3 Å². The molecule has 0 aromatic carbocycles. The maximum Gasteiger partial charge on any atom is 0.176 e.